The molecule has 1 atom stereocenters. The van der Waals surface area contributed by atoms with Gasteiger partial charge in [-0.2, -0.15) is 0 Å². The standard InChI is InChI=1S/C65H83BN2O/c1-38-30-44-47(64(16,17)28-26-61(44,10)11)36-50(38)68-51-31-39(58(2,3)4)20-23-49(51)66-55-52(32-40(33-53(55)68)59(5,6)7)67(41-21-22-43-45(34-41)62(12,13)25-24-60(43,8)9)56-42-35-46-48(37-54(42)69-57(56)66)65(18,19)29-27-63(46,14)15/h20-23,30-36,48H,24-29,37H2,1-19H3. The normalized spacial score (nSPS) is 22.9. The first-order valence-corrected chi connectivity index (χ1v) is 26.9. The molecule has 4 aromatic carbocycles. The third-order valence-corrected chi connectivity index (χ3v) is 19.4. The van der Waals surface area contributed by atoms with Gasteiger partial charge >= 0.3 is 0 Å². The first-order valence-electron chi connectivity index (χ1n) is 26.9. The monoisotopic (exact) mass is 919 g/mol. The molecule has 0 saturated heterocycles. The van der Waals surface area contributed by atoms with E-state index < -0.39 is 0 Å². The fraction of sp³-hybridized carbons (Fsp3) is 0.538. The SMILES string of the molecule is Cc1cc2c(cc1N1c3cc(C(C)(C)C)ccc3B3c4oc5c(c4N(c4ccc6c(c4)C(C)(C)CCC6(C)C)c4cc(C(C)(C)C)cc1c43)C=C1C(C5)C(C)(C)CCC1(C)C)C(C)(C)CCC2(C)C. The van der Waals surface area contributed by atoms with Gasteiger partial charge in [0.05, 0.1) is 11.3 Å². The molecular formula is C65H83BN2O. The van der Waals surface area contributed by atoms with Gasteiger partial charge in [0.2, 0.25) is 0 Å². The van der Waals surface area contributed by atoms with Gasteiger partial charge in [-0.15, -0.1) is 0 Å². The molecule has 3 nitrogen and oxygen atoms in total. The Balaban J connectivity index is 1.27. The van der Waals surface area contributed by atoms with Gasteiger partial charge in [0.1, 0.15) is 5.76 Å². The quantitative estimate of drug-likeness (QED) is 0.161. The molecule has 362 valence electrons. The van der Waals surface area contributed by atoms with Crippen LogP contribution in [0.4, 0.5) is 34.1 Å². The van der Waals surface area contributed by atoms with Crippen molar-refractivity contribution in [3.63, 3.8) is 0 Å². The maximum Gasteiger partial charge on any atom is 0.297 e. The second-order valence-electron chi connectivity index (χ2n) is 29.1. The van der Waals surface area contributed by atoms with E-state index in [1.807, 2.05) is 0 Å². The smallest absolute Gasteiger partial charge is 0.297 e. The average Bonchev–Trinajstić information content (AvgIpc) is 3.62. The Hall–Kier alpha value is -4.44. The predicted octanol–water partition coefficient (Wildman–Crippen LogP) is 16.4. The molecule has 4 heteroatoms. The lowest BCUT2D eigenvalue weighted by molar-refractivity contribution is 0.119. The van der Waals surface area contributed by atoms with E-state index >= 15 is 0 Å². The molecule has 3 heterocycles. The lowest BCUT2D eigenvalue weighted by Crippen LogP contribution is -2.61. The number of rotatable bonds is 2. The second-order valence-corrected chi connectivity index (χ2v) is 29.1. The maximum atomic E-state index is 7.76. The molecule has 11 rings (SSSR count). The van der Waals surface area contributed by atoms with Gasteiger partial charge in [0.25, 0.3) is 6.71 Å². The highest BCUT2D eigenvalue weighted by molar-refractivity contribution is 6.99. The van der Waals surface area contributed by atoms with Crippen LogP contribution in [-0.4, -0.2) is 6.71 Å². The topological polar surface area (TPSA) is 19.6 Å². The van der Waals surface area contributed by atoms with Crippen molar-refractivity contribution in [2.24, 2.45) is 16.7 Å². The summed E-state index contributed by atoms with van der Waals surface area (Å²) in [6.45, 7) is 46.4. The van der Waals surface area contributed by atoms with Gasteiger partial charge < -0.3 is 14.2 Å². The Labute approximate surface area is 418 Å². The van der Waals surface area contributed by atoms with Crippen molar-refractivity contribution in [1.82, 2.24) is 0 Å². The van der Waals surface area contributed by atoms with Crippen LogP contribution in [0.5, 0.6) is 0 Å². The molecule has 0 spiro atoms. The Morgan fingerprint density at radius 2 is 1.07 bits per heavy atom. The lowest BCUT2D eigenvalue weighted by Gasteiger charge is -2.50. The molecule has 4 aliphatic carbocycles. The first kappa shape index (κ1) is 46.9. The van der Waals surface area contributed by atoms with Crippen molar-refractivity contribution in [1.29, 1.82) is 0 Å². The molecule has 5 aromatic rings. The molecule has 2 aliphatic heterocycles. The Kier molecular flexibility index (Phi) is 9.77. The summed E-state index contributed by atoms with van der Waals surface area (Å²) in [5.41, 5.74) is 24.9. The van der Waals surface area contributed by atoms with E-state index in [4.69, 9.17) is 4.42 Å². The molecule has 69 heavy (non-hydrogen) atoms. The van der Waals surface area contributed by atoms with Gasteiger partial charge in [-0.25, -0.2) is 0 Å². The Morgan fingerprint density at radius 1 is 0.536 bits per heavy atom. The average molecular weight is 919 g/mol. The van der Waals surface area contributed by atoms with E-state index in [2.05, 4.69) is 208 Å². The molecule has 1 unspecified atom stereocenters. The highest BCUT2D eigenvalue weighted by Gasteiger charge is 2.52. The van der Waals surface area contributed by atoms with Crippen LogP contribution in [0.1, 0.15) is 213 Å². The number of anilines is 6. The summed E-state index contributed by atoms with van der Waals surface area (Å²) in [5, 5.41) is 0. The highest BCUT2D eigenvalue weighted by Crippen LogP contribution is 2.59. The summed E-state index contributed by atoms with van der Waals surface area (Å²) in [6.07, 6.45) is 10.8. The van der Waals surface area contributed by atoms with Gasteiger partial charge in [-0.1, -0.05) is 154 Å². The van der Waals surface area contributed by atoms with E-state index in [1.165, 1.54) is 134 Å². The summed E-state index contributed by atoms with van der Waals surface area (Å²) in [5.74, 6) is 1.61. The molecule has 6 aliphatic rings. The molecule has 0 bridgehead atoms. The molecule has 0 radical (unpaired) electrons. The number of nitrogens with zero attached hydrogens (tertiary/aromatic N) is 2. The molecule has 0 amide bonds. The Morgan fingerprint density at radius 3 is 1.68 bits per heavy atom. The highest BCUT2D eigenvalue weighted by atomic mass is 16.3. The third kappa shape index (κ3) is 6.92. The van der Waals surface area contributed by atoms with E-state index in [1.54, 1.807) is 5.57 Å². The fourth-order valence-electron chi connectivity index (χ4n) is 14.1. The summed E-state index contributed by atoms with van der Waals surface area (Å²) in [4.78, 5) is 5.42. The van der Waals surface area contributed by atoms with Crippen LogP contribution < -0.4 is 26.4 Å². The minimum atomic E-state index is -0.117. The summed E-state index contributed by atoms with van der Waals surface area (Å²) >= 11 is 0. The number of hydrogen-bond donors (Lipinski definition) is 0. The fourth-order valence-corrected chi connectivity index (χ4v) is 14.1. The zero-order valence-corrected chi connectivity index (χ0v) is 46.3. The Bertz CT molecular complexity index is 3040. The molecular weight excluding hydrogens is 836 g/mol. The van der Waals surface area contributed by atoms with Crippen LogP contribution in [0, 0.1) is 23.7 Å². The van der Waals surface area contributed by atoms with Crippen molar-refractivity contribution >= 4 is 63.5 Å². The maximum absolute atomic E-state index is 7.76. The van der Waals surface area contributed by atoms with Crippen LogP contribution in [0.3, 0.4) is 0 Å². The van der Waals surface area contributed by atoms with Crippen LogP contribution in [0.2, 0.25) is 0 Å². The zero-order valence-electron chi connectivity index (χ0n) is 46.3. The van der Waals surface area contributed by atoms with Gasteiger partial charge in [0.15, 0.2) is 0 Å². The number of fused-ring (bicyclic) bond motifs is 9. The van der Waals surface area contributed by atoms with Crippen molar-refractivity contribution in [2.45, 2.75) is 209 Å². The van der Waals surface area contributed by atoms with Crippen molar-refractivity contribution < 1.29 is 4.42 Å². The van der Waals surface area contributed by atoms with Crippen LogP contribution in [0.25, 0.3) is 6.08 Å². The minimum absolute atomic E-state index is 0.0362. The van der Waals surface area contributed by atoms with E-state index in [-0.39, 0.29) is 50.0 Å². The van der Waals surface area contributed by atoms with Gasteiger partial charge in [0, 0.05) is 40.4 Å². The van der Waals surface area contributed by atoms with Crippen molar-refractivity contribution in [3.05, 3.63) is 117 Å². The third-order valence-electron chi connectivity index (χ3n) is 19.4. The lowest BCUT2D eigenvalue weighted by atomic mass is 9.35. The largest absolute Gasteiger partial charge is 0.472 e. The summed E-state index contributed by atoms with van der Waals surface area (Å²) in [6, 6.07) is 25.4. The van der Waals surface area contributed by atoms with Crippen LogP contribution >= 0.6 is 0 Å². The van der Waals surface area contributed by atoms with Gasteiger partial charge in [-0.05, 0) is 187 Å². The molecule has 1 aromatic heterocycles. The van der Waals surface area contributed by atoms with Crippen LogP contribution in [0.15, 0.2) is 70.7 Å². The molecule has 0 N–H and O–H groups in total. The number of benzene rings is 4. The number of aryl methyl sites for hydroxylation is 1. The second kappa shape index (κ2) is 14.4. The van der Waals surface area contributed by atoms with Crippen molar-refractivity contribution in [2.75, 3.05) is 9.80 Å². The summed E-state index contributed by atoms with van der Waals surface area (Å²) in [7, 11) is 0. The summed E-state index contributed by atoms with van der Waals surface area (Å²) < 4.78 is 7.76. The predicted molar refractivity (Wildman–Crippen MR) is 297 cm³/mol. The van der Waals surface area contributed by atoms with Crippen molar-refractivity contribution in [3.8, 4) is 0 Å². The van der Waals surface area contributed by atoms with Gasteiger partial charge in [-0.3, -0.25) is 0 Å². The molecule has 1 saturated carbocycles. The van der Waals surface area contributed by atoms with E-state index in [0.717, 1.165) is 12.1 Å². The minimum Gasteiger partial charge on any atom is -0.472 e. The number of allylic oxidation sites excluding steroid dienone is 1. The van der Waals surface area contributed by atoms with Crippen LogP contribution in [-0.2, 0) is 38.9 Å². The molecule has 1 fully saturated rings. The first-order chi connectivity index (χ1) is 31.8. The zero-order chi connectivity index (χ0) is 49.7. The number of furan rings is 1. The van der Waals surface area contributed by atoms with E-state index in [0.29, 0.717) is 5.92 Å². The van der Waals surface area contributed by atoms with E-state index in [9.17, 15) is 0 Å². The number of hydrogen-bond acceptors (Lipinski definition) is 3.